The lowest BCUT2D eigenvalue weighted by molar-refractivity contribution is 0.0865. The molecule has 7 nitrogen and oxygen atoms in total. The van der Waals surface area contributed by atoms with Crippen molar-refractivity contribution in [2.24, 2.45) is 0 Å². The predicted octanol–water partition coefficient (Wildman–Crippen LogP) is 4.87. The summed E-state index contributed by atoms with van der Waals surface area (Å²) in [5.74, 6) is -0.612. The molecule has 0 bridgehead atoms. The maximum atomic E-state index is 14.5. The summed E-state index contributed by atoms with van der Waals surface area (Å²) in [6.45, 7) is 3.66. The van der Waals surface area contributed by atoms with Gasteiger partial charge in [-0.3, -0.25) is 9.69 Å². The number of amides is 1. The van der Waals surface area contributed by atoms with Gasteiger partial charge in [-0.1, -0.05) is 23.7 Å². The van der Waals surface area contributed by atoms with Crippen LogP contribution in [-0.4, -0.2) is 40.6 Å². The zero-order chi connectivity index (χ0) is 23.6. The van der Waals surface area contributed by atoms with Gasteiger partial charge in [-0.05, 0) is 62.2 Å². The molecule has 3 heterocycles. The third-order valence-corrected chi connectivity index (χ3v) is 7.13. The molecule has 1 atom stereocenters. The van der Waals surface area contributed by atoms with Crippen LogP contribution in [0.2, 0.25) is 5.02 Å². The normalized spacial score (nSPS) is 20.5. The van der Waals surface area contributed by atoms with Crippen molar-refractivity contribution < 1.29 is 13.9 Å². The number of rotatable bonds is 3. The van der Waals surface area contributed by atoms with Gasteiger partial charge in [0.2, 0.25) is 11.8 Å². The molecule has 0 radical (unpaired) electrons. The minimum Gasteiger partial charge on any atom is -0.453 e. The quantitative estimate of drug-likeness (QED) is 0.577. The summed E-state index contributed by atoms with van der Waals surface area (Å²) < 4.78 is 20.4. The van der Waals surface area contributed by atoms with E-state index in [1.807, 2.05) is 6.07 Å². The second-order valence-corrected chi connectivity index (χ2v) is 9.73. The SMILES string of the molecule is CC1Oc2nc(Nc3ccc4c(c3)CN(C)CC43CC3)ncc2C(=O)N1c1c(F)cccc1Cl. The largest absolute Gasteiger partial charge is 0.453 e. The lowest BCUT2D eigenvalue weighted by Crippen LogP contribution is -2.47. The smallest absolute Gasteiger partial charge is 0.268 e. The highest BCUT2D eigenvalue weighted by Gasteiger charge is 2.48. The van der Waals surface area contributed by atoms with Crippen LogP contribution in [-0.2, 0) is 12.0 Å². The van der Waals surface area contributed by atoms with Gasteiger partial charge in [0.1, 0.15) is 17.1 Å². The summed E-state index contributed by atoms with van der Waals surface area (Å²) >= 11 is 6.18. The first-order valence-electron chi connectivity index (χ1n) is 11.2. The summed E-state index contributed by atoms with van der Waals surface area (Å²) in [7, 11) is 2.16. The Labute approximate surface area is 201 Å². The molecule has 1 spiro atoms. The van der Waals surface area contributed by atoms with E-state index in [0.29, 0.717) is 11.4 Å². The van der Waals surface area contributed by atoms with Crippen LogP contribution in [0, 0.1) is 5.82 Å². The van der Waals surface area contributed by atoms with E-state index in [-0.39, 0.29) is 22.2 Å². The van der Waals surface area contributed by atoms with Crippen molar-refractivity contribution in [3.05, 3.63) is 70.1 Å². The predicted molar refractivity (Wildman–Crippen MR) is 127 cm³/mol. The highest BCUT2D eigenvalue weighted by molar-refractivity contribution is 6.34. The number of carbonyl (C=O) groups is 1. The number of nitrogens with zero attached hydrogens (tertiary/aromatic N) is 4. The average Bonchev–Trinajstić information content (AvgIpc) is 3.54. The third kappa shape index (κ3) is 3.40. The Balaban J connectivity index is 1.28. The van der Waals surface area contributed by atoms with Crippen LogP contribution in [0.25, 0.3) is 0 Å². The molecule has 1 aliphatic carbocycles. The number of nitrogens with one attached hydrogen (secondary N) is 1. The summed E-state index contributed by atoms with van der Waals surface area (Å²) in [4.78, 5) is 25.5. The van der Waals surface area contributed by atoms with Gasteiger partial charge in [0, 0.05) is 30.4 Å². The Kier molecular flexibility index (Phi) is 4.79. The molecule has 0 saturated heterocycles. The molecule has 34 heavy (non-hydrogen) atoms. The number of carbonyl (C=O) groups excluding carboxylic acids is 1. The number of halogens is 2. The highest BCUT2D eigenvalue weighted by atomic mass is 35.5. The van der Waals surface area contributed by atoms with Gasteiger partial charge in [-0.25, -0.2) is 9.37 Å². The Morgan fingerprint density at radius 1 is 1.26 bits per heavy atom. The second kappa shape index (κ2) is 7.65. The molecule has 1 saturated carbocycles. The standard InChI is InChI=1S/C25H23ClFN5O2/c1-14-32(21-19(26)4-3-5-20(21)27)23(33)17-11-28-24(30-22(17)34-14)29-16-6-7-18-15(10-16)12-31(2)13-25(18)8-9-25/h3-7,10-11,14H,8-9,12-13H2,1-2H3,(H,28,29,30). The molecule has 1 aromatic heterocycles. The van der Waals surface area contributed by atoms with Gasteiger partial charge in [0.05, 0.1) is 5.02 Å². The lowest BCUT2D eigenvalue weighted by atomic mass is 9.87. The van der Waals surface area contributed by atoms with Gasteiger partial charge >= 0.3 is 0 Å². The first-order chi connectivity index (χ1) is 16.3. The fraction of sp³-hybridized carbons (Fsp3) is 0.320. The van der Waals surface area contributed by atoms with Crippen LogP contribution in [0.4, 0.5) is 21.7 Å². The van der Waals surface area contributed by atoms with Crippen molar-refractivity contribution in [3.63, 3.8) is 0 Å². The van der Waals surface area contributed by atoms with Crippen LogP contribution in [0.3, 0.4) is 0 Å². The third-order valence-electron chi connectivity index (χ3n) is 6.83. The van der Waals surface area contributed by atoms with E-state index in [2.05, 4.69) is 39.4 Å². The zero-order valence-electron chi connectivity index (χ0n) is 18.8. The second-order valence-electron chi connectivity index (χ2n) is 9.32. The van der Waals surface area contributed by atoms with Crippen LogP contribution < -0.4 is 15.0 Å². The maximum absolute atomic E-state index is 14.5. The summed E-state index contributed by atoms with van der Waals surface area (Å²) in [5, 5.41) is 3.35. The molecule has 9 heteroatoms. The Hall–Kier alpha value is -3.23. The molecule has 1 N–H and O–H groups in total. The average molecular weight is 480 g/mol. The number of aromatic nitrogens is 2. The zero-order valence-corrected chi connectivity index (χ0v) is 19.6. The van der Waals surface area contributed by atoms with Crippen LogP contribution in [0.15, 0.2) is 42.6 Å². The van der Waals surface area contributed by atoms with Crippen molar-refractivity contribution in [3.8, 4) is 5.88 Å². The first-order valence-corrected chi connectivity index (χ1v) is 11.6. The molecule has 174 valence electrons. The van der Waals surface area contributed by atoms with Gasteiger partial charge < -0.3 is 15.0 Å². The molecule has 2 aliphatic heterocycles. The fourth-order valence-electron chi connectivity index (χ4n) is 5.15. The number of likely N-dealkylation sites (N-methyl/N-ethyl adjacent to an activating group) is 1. The number of anilines is 3. The maximum Gasteiger partial charge on any atom is 0.268 e. The number of fused-ring (bicyclic) bond motifs is 3. The number of ether oxygens (including phenoxy) is 1. The van der Waals surface area contributed by atoms with E-state index in [1.54, 1.807) is 6.92 Å². The minimum atomic E-state index is -0.800. The Morgan fingerprint density at radius 2 is 2.09 bits per heavy atom. The molecule has 1 fully saturated rings. The van der Waals surface area contributed by atoms with Crippen molar-refractivity contribution in [1.29, 1.82) is 0 Å². The van der Waals surface area contributed by atoms with E-state index in [9.17, 15) is 9.18 Å². The molecular formula is C25H23ClFN5O2. The molecule has 6 rings (SSSR count). The highest BCUT2D eigenvalue weighted by Crippen LogP contribution is 2.52. The van der Waals surface area contributed by atoms with Gasteiger partial charge in [-0.15, -0.1) is 0 Å². The lowest BCUT2D eigenvalue weighted by Gasteiger charge is -2.34. The summed E-state index contributed by atoms with van der Waals surface area (Å²) in [6, 6.07) is 10.7. The Bertz CT molecular complexity index is 1310. The molecule has 1 amide bonds. The van der Waals surface area contributed by atoms with Crippen LogP contribution >= 0.6 is 11.6 Å². The molecule has 1 unspecified atom stereocenters. The number of para-hydroxylation sites is 1. The molecule has 3 aliphatic rings. The fourth-order valence-corrected chi connectivity index (χ4v) is 5.40. The van der Waals surface area contributed by atoms with Crippen LogP contribution in [0.5, 0.6) is 5.88 Å². The minimum absolute atomic E-state index is 0.0259. The van der Waals surface area contributed by atoms with E-state index < -0.39 is 18.0 Å². The van der Waals surface area contributed by atoms with Crippen molar-refractivity contribution in [1.82, 2.24) is 14.9 Å². The number of hydrogen-bond acceptors (Lipinski definition) is 6. The Morgan fingerprint density at radius 3 is 2.85 bits per heavy atom. The first kappa shape index (κ1) is 21.3. The monoisotopic (exact) mass is 479 g/mol. The van der Waals surface area contributed by atoms with Gasteiger partial charge in [0.25, 0.3) is 5.91 Å². The molecular weight excluding hydrogens is 457 g/mol. The number of hydrogen-bond donors (Lipinski definition) is 1. The van der Waals surface area contributed by atoms with E-state index in [0.717, 1.165) is 18.8 Å². The van der Waals surface area contributed by atoms with E-state index in [1.165, 1.54) is 53.3 Å². The topological polar surface area (TPSA) is 70.6 Å². The van der Waals surface area contributed by atoms with Crippen LogP contribution in [0.1, 0.15) is 41.3 Å². The van der Waals surface area contributed by atoms with E-state index in [4.69, 9.17) is 16.3 Å². The van der Waals surface area contributed by atoms with Gasteiger partial charge in [-0.2, -0.15) is 4.98 Å². The van der Waals surface area contributed by atoms with Gasteiger partial charge in [0.15, 0.2) is 6.23 Å². The van der Waals surface area contributed by atoms with Crippen molar-refractivity contribution in [2.75, 3.05) is 23.8 Å². The van der Waals surface area contributed by atoms with Crippen molar-refractivity contribution >= 4 is 34.8 Å². The number of benzene rings is 2. The molecule has 3 aromatic rings. The molecule has 2 aromatic carbocycles. The van der Waals surface area contributed by atoms with E-state index >= 15 is 0 Å². The summed E-state index contributed by atoms with van der Waals surface area (Å²) in [5.41, 5.74) is 4.07. The van der Waals surface area contributed by atoms with Crippen molar-refractivity contribution in [2.45, 2.75) is 38.0 Å². The summed E-state index contributed by atoms with van der Waals surface area (Å²) in [6.07, 6.45) is 3.07.